The van der Waals surface area contributed by atoms with Gasteiger partial charge in [0.25, 0.3) is 0 Å². The van der Waals surface area contributed by atoms with Crippen LogP contribution >= 0.6 is 47.8 Å². The van der Waals surface area contributed by atoms with Crippen LogP contribution in [0.1, 0.15) is 34.4 Å². The molecule has 3 heteroatoms. The topological polar surface area (TPSA) is 0 Å². The third-order valence-corrected chi connectivity index (χ3v) is 5.41. The summed E-state index contributed by atoms with van der Waals surface area (Å²) >= 11 is 11.1. The Labute approximate surface area is 110 Å². The molecule has 0 fully saturated rings. The van der Waals surface area contributed by atoms with E-state index in [0.717, 1.165) is 0 Å². The Morgan fingerprint density at radius 2 is 2.07 bits per heavy atom. The standard InChI is InChI=1S/C11H11Br3/c1-6-5-9(13)7-3-2-4-8(12)10(7)11(6)14/h5,8H,2-4H2,1H3. The predicted octanol–water partition coefficient (Wildman–Crippen LogP) is 5.29. The Bertz CT molecular complexity index is 371. The summed E-state index contributed by atoms with van der Waals surface area (Å²) in [6.07, 6.45) is 3.70. The molecular weight excluding hydrogens is 372 g/mol. The molecule has 0 aliphatic heterocycles. The fourth-order valence-corrected chi connectivity index (χ4v) is 4.52. The van der Waals surface area contributed by atoms with Crippen LogP contribution in [0, 0.1) is 6.92 Å². The van der Waals surface area contributed by atoms with Crippen LogP contribution in [0.3, 0.4) is 0 Å². The minimum atomic E-state index is 0.511. The molecule has 1 aliphatic rings. The highest BCUT2D eigenvalue weighted by atomic mass is 79.9. The van der Waals surface area contributed by atoms with Crippen LogP contribution in [0.25, 0.3) is 0 Å². The Hall–Kier alpha value is 0.660. The fourth-order valence-electron chi connectivity index (χ4n) is 2.00. The highest BCUT2D eigenvalue weighted by molar-refractivity contribution is 9.11. The molecule has 1 atom stereocenters. The summed E-state index contributed by atoms with van der Waals surface area (Å²) in [4.78, 5) is 0.511. The maximum Gasteiger partial charge on any atom is 0.0409 e. The fraction of sp³-hybridized carbons (Fsp3) is 0.455. The van der Waals surface area contributed by atoms with Crippen molar-refractivity contribution in [3.05, 3.63) is 31.7 Å². The zero-order chi connectivity index (χ0) is 10.3. The molecule has 0 heterocycles. The van der Waals surface area contributed by atoms with Crippen LogP contribution in [-0.2, 0) is 6.42 Å². The second kappa shape index (κ2) is 4.26. The summed E-state index contributed by atoms with van der Waals surface area (Å²) in [5, 5.41) is 0. The Kier molecular flexibility index (Phi) is 3.40. The second-order valence-electron chi connectivity index (χ2n) is 3.74. The molecule has 0 nitrogen and oxygen atoms in total. The summed E-state index contributed by atoms with van der Waals surface area (Å²) in [7, 11) is 0. The largest absolute Gasteiger partial charge is 0.0838 e. The lowest BCUT2D eigenvalue weighted by atomic mass is 9.90. The normalized spacial score (nSPS) is 20.7. The summed E-state index contributed by atoms with van der Waals surface area (Å²) < 4.78 is 2.54. The molecule has 1 aromatic rings. The Morgan fingerprint density at radius 3 is 2.79 bits per heavy atom. The van der Waals surface area contributed by atoms with Crippen molar-refractivity contribution in [2.24, 2.45) is 0 Å². The zero-order valence-corrected chi connectivity index (χ0v) is 12.7. The van der Waals surface area contributed by atoms with E-state index in [2.05, 4.69) is 60.8 Å². The van der Waals surface area contributed by atoms with Crippen molar-refractivity contribution in [3.63, 3.8) is 0 Å². The first-order valence-corrected chi connectivity index (χ1v) is 7.23. The van der Waals surface area contributed by atoms with Gasteiger partial charge in [-0.2, -0.15) is 0 Å². The molecule has 0 saturated heterocycles. The van der Waals surface area contributed by atoms with E-state index in [0.29, 0.717) is 4.83 Å². The van der Waals surface area contributed by atoms with Gasteiger partial charge in [-0.15, -0.1) is 0 Å². The van der Waals surface area contributed by atoms with Gasteiger partial charge in [0, 0.05) is 13.8 Å². The highest BCUT2D eigenvalue weighted by Crippen LogP contribution is 2.44. The third-order valence-electron chi connectivity index (χ3n) is 2.74. The van der Waals surface area contributed by atoms with E-state index in [4.69, 9.17) is 0 Å². The number of halogens is 3. The highest BCUT2D eigenvalue weighted by Gasteiger charge is 2.23. The monoisotopic (exact) mass is 380 g/mol. The average molecular weight is 383 g/mol. The van der Waals surface area contributed by atoms with E-state index in [9.17, 15) is 0 Å². The molecule has 0 bridgehead atoms. The smallest absolute Gasteiger partial charge is 0.0409 e. The van der Waals surface area contributed by atoms with Gasteiger partial charge in [-0.1, -0.05) is 47.8 Å². The lowest BCUT2D eigenvalue weighted by molar-refractivity contribution is 0.675. The van der Waals surface area contributed by atoms with Crippen molar-refractivity contribution in [1.82, 2.24) is 0 Å². The molecule has 1 aromatic carbocycles. The van der Waals surface area contributed by atoms with Crippen LogP contribution in [0.4, 0.5) is 0 Å². The van der Waals surface area contributed by atoms with Crippen molar-refractivity contribution in [2.75, 3.05) is 0 Å². The number of benzene rings is 1. The summed E-state index contributed by atoms with van der Waals surface area (Å²) in [5.41, 5.74) is 4.22. The predicted molar refractivity (Wildman–Crippen MR) is 71.2 cm³/mol. The van der Waals surface area contributed by atoms with Crippen molar-refractivity contribution < 1.29 is 0 Å². The molecule has 0 spiro atoms. The van der Waals surface area contributed by atoms with Gasteiger partial charge in [-0.3, -0.25) is 0 Å². The van der Waals surface area contributed by atoms with Crippen molar-refractivity contribution in [3.8, 4) is 0 Å². The summed E-state index contributed by atoms with van der Waals surface area (Å²) in [5.74, 6) is 0. The molecule has 0 radical (unpaired) electrons. The Balaban J connectivity index is 2.67. The number of aryl methyl sites for hydroxylation is 1. The van der Waals surface area contributed by atoms with Crippen molar-refractivity contribution >= 4 is 47.8 Å². The SMILES string of the molecule is Cc1cc(Br)c2c(c1Br)C(Br)CCC2. The molecule has 14 heavy (non-hydrogen) atoms. The molecule has 1 aliphatic carbocycles. The summed E-state index contributed by atoms with van der Waals surface area (Å²) in [6, 6.07) is 2.20. The van der Waals surface area contributed by atoms with E-state index in [1.54, 1.807) is 0 Å². The van der Waals surface area contributed by atoms with Crippen LogP contribution in [0.2, 0.25) is 0 Å². The number of rotatable bonds is 0. The molecule has 0 amide bonds. The Morgan fingerprint density at radius 1 is 1.36 bits per heavy atom. The lowest BCUT2D eigenvalue weighted by Crippen LogP contribution is -2.07. The molecule has 0 N–H and O–H groups in total. The average Bonchev–Trinajstić information content (AvgIpc) is 2.14. The first-order chi connectivity index (χ1) is 6.61. The van der Waals surface area contributed by atoms with E-state index < -0.39 is 0 Å². The van der Waals surface area contributed by atoms with Gasteiger partial charge in [-0.05, 0) is 48.9 Å². The van der Waals surface area contributed by atoms with Crippen LogP contribution in [0.5, 0.6) is 0 Å². The third kappa shape index (κ3) is 1.83. The maximum atomic E-state index is 3.76. The van der Waals surface area contributed by atoms with Crippen LogP contribution in [-0.4, -0.2) is 0 Å². The maximum absolute atomic E-state index is 3.76. The van der Waals surface area contributed by atoms with Crippen molar-refractivity contribution in [2.45, 2.75) is 31.0 Å². The molecule has 1 unspecified atom stereocenters. The summed E-state index contributed by atoms with van der Waals surface area (Å²) in [6.45, 7) is 2.14. The van der Waals surface area contributed by atoms with E-state index in [1.807, 2.05) is 0 Å². The molecular formula is C11H11Br3. The molecule has 76 valence electrons. The first-order valence-electron chi connectivity index (χ1n) is 4.72. The minimum absolute atomic E-state index is 0.511. The molecule has 0 aromatic heterocycles. The van der Waals surface area contributed by atoms with Crippen molar-refractivity contribution in [1.29, 1.82) is 0 Å². The van der Waals surface area contributed by atoms with Crippen LogP contribution in [0.15, 0.2) is 15.0 Å². The van der Waals surface area contributed by atoms with Crippen LogP contribution < -0.4 is 0 Å². The quantitative estimate of drug-likeness (QED) is 0.534. The van der Waals surface area contributed by atoms with Gasteiger partial charge in [0.05, 0.1) is 0 Å². The van der Waals surface area contributed by atoms with E-state index in [1.165, 1.54) is 44.9 Å². The van der Waals surface area contributed by atoms with Gasteiger partial charge in [-0.25, -0.2) is 0 Å². The van der Waals surface area contributed by atoms with E-state index in [-0.39, 0.29) is 0 Å². The zero-order valence-electron chi connectivity index (χ0n) is 7.91. The van der Waals surface area contributed by atoms with Gasteiger partial charge in [0.2, 0.25) is 0 Å². The first kappa shape index (κ1) is 11.2. The number of hydrogen-bond donors (Lipinski definition) is 0. The number of hydrogen-bond acceptors (Lipinski definition) is 0. The van der Waals surface area contributed by atoms with Gasteiger partial charge in [0.15, 0.2) is 0 Å². The van der Waals surface area contributed by atoms with Gasteiger partial charge in [0.1, 0.15) is 0 Å². The molecule has 0 saturated carbocycles. The van der Waals surface area contributed by atoms with Gasteiger partial charge < -0.3 is 0 Å². The second-order valence-corrected chi connectivity index (χ2v) is 6.49. The number of alkyl halides is 1. The minimum Gasteiger partial charge on any atom is -0.0838 e. The number of fused-ring (bicyclic) bond motifs is 1. The van der Waals surface area contributed by atoms with E-state index >= 15 is 0 Å². The lowest BCUT2D eigenvalue weighted by Gasteiger charge is -2.24. The molecule has 2 rings (SSSR count). The van der Waals surface area contributed by atoms with Gasteiger partial charge >= 0.3 is 0 Å².